The molecule has 0 unspecified atom stereocenters. The highest BCUT2D eigenvalue weighted by Gasteiger charge is 2.25. The van der Waals surface area contributed by atoms with Crippen molar-refractivity contribution < 1.29 is 19.3 Å². The van der Waals surface area contributed by atoms with Gasteiger partial charge in [0.25, 0.3) is 11.6 Å². The summed E-state index contributed by atoms with van der Waals surface area (Å²) in [6.45, 7) is 1.28. The molecular weight excluding hydrogens is 318 g/mol. The number of rotatable bonds is 4. The molecule has 0 radical (unpaired) electrons. The minimum Gasteiger partial charge on any atom is -0.339 e. The molecule has 1 aromatic carbocycles. The minimum absolute atomic E-state index is 0.0832. The standard InChI is InChI=1S/C14H17N5O5/c15-16-12(20)9-13(21)17-5-7-18(8-6-17)14(22)10-1-3-11(4-2-10)19(23)24/h1-4H,5-9,15H2,(H,16,20). The van der Waals surface area contributed by atoms with Gasteiger partial charge in [0.15, 0.2) is 0 Å². The maximum atomic E-state index is 12.4. The first-order valence-corrected chi connectivity index (χ1v) is 7.23. The quantitative estimate of drug-likeness (QED) is 0.244. The molecule has 0 atom stereocenters. The highest BCUT2D eigenvalue weighted by atomic mass is 16.6. The second kappa shape index (κ2) is 7.51. The average molecular weight is 335 g/mol. The van der Waals surface area contributed by atoms with Gasteiger partial charge in [-0.1, -0.05) is 0 Å². The number of nitrogens with two attached hydrogens (primary N) is 1. The first-order valence-electron chi connectivity index (χ1n) is 7.23. The lowest BCUT2D eigenvalue weighted by molar-refractivity contribution is -0.384. The molecule has 1 heterocycles. The van der Waals surface area contributed by atoms with Crippen molar-refractivity contribution >= 4 is 23.4 Å². The lowest BCUT2D eigenvalue weighted by Gasteiger charge is -2.34. The van der Waals surface area contributed by atoms with E-state index in [0.717, 1.165) is 0 Å². The Kier molecular flexibility index (Phi) is 5.42. The number of non-ortho nitro benzene ring substituents is 1. The topological polar surface area (TPSA) is 139 Å². The van der Waals surface area contributed by atoms with Crippen LogP contribution in [-0.2, 0) is 9.59 Å². The van der Waals surface area contributed by atoms with Gasteiger partial charge in [0.05, 0.1) is 4.92 Å². The monoisotopic (exact) mass is 335 g/mol. The van der Waals surface area contributed by atoms with E-state index in [1.165, 1.54) is 29.2 Å². The van der Waals surface area contributed by atoms with Crippen LogP contribution in [-0.4, -0.2) is 58.6 Å². The highest BCUT2D eigenvalue weighted by Crippen LogP contribution is 2.15. The molecule has 2 rings (SSSR count). The Balaban J connectivity index is 1.91. The Bertz CT molecular complexity index is 652. The van der Waals surface area contributed by atoms with Crippen molar-refractivity contribution in [1.29, 1.82) is 0 Å². The normalized spacial score (nSPS) is 14.2. The zero-order valence-corrected chi connectivity index (χ0v) is 12.8. The summed E-state index contributed by atoms with van der Waals surface area (Å²) >= 11 is 0. The van der Waals surface area contributed by atoms with Gasteiger partial charge in [-0.3, -0.25) is 29.9 Å². The fraction of sp³-hybridized carbons (Fsp3) is 0.357. The van der Waals surface area contributed by atoms with Crippen molar-refractivity contribution in [3.05, 3.63) is 39.9 Å². The van der Waals surface area contributed by atoms with Gasteiger partial charge in [0.1, 0.15) is 6.42 Å². The lowest BCUT2D eigenvalue weighted by atomic mass is 10.1. The fourth-order valence-electron chi connectivity index (χ4n) is 2.37. The molecule has 128 valence electrons. The van der Waals surface area contributed by atoms with E-state index < -0.39 is 10.8 Å². The summed E-state index contributed by atoms with van der Waals surface area (Å²) < 4.78 is 0. The number of nitrogens with zero attached hydrogens (tertiary/aromatic N) is 3. The summed E-state index contributed by atoms with van der Waals surface area (Å²) in [5.74, 6) is 3.77. The van der Waals surface area contributed by atoms with E-state index in [2.05, 4.69) is 0 Å². The van der Waals surface area contributed by atoms with Crippen LogP contribution < -0.4 is 11.3 Å². The maximum absolute atomic E-state index is 12.4. The molecule has 1 saturated heterocycles. The molecule has 10 heteroatoms. The lowest BCUT2D eigenvalue weighted by Crippen LogP contribution is -2.51. The number of benzene rings is 1. The molecule has 1 aliphatic heterocycles. The Morgan fingerprint density at radius 2 is 1.62 bits per heavy atom. The third-order valence-electron chi connectivity index (χ3n) is 3.72. The first kappa shape index (κ1) is 17.3. The van der Waals surface area contributed by atoms with Crippen molar-refractivity contribution in [2.45, 2.75) is 6.42 Å². The van der Waals surface area contributed by atoms with Crippen LogP contribution in [0, 0.1) is 10.1 Å². The number of piperazine rings is 1. The third-order valence-corrected chi connectivity index (χ3v) is 3.72. The molecule has 0 bridgehead atoms. The largest absolute Gasteiger partial charge is 0.339 e. The highest BCUT2D eigenvalue weighted by molar-refractivity contribution is 5.97. The number of hydrazine groups is 1. The number of nitrogens with one attached hydrogen (secondary N) is 1. The molecule has 1 aromatic rings. The smallest absolute Gasteiger partial charge is 0.269 e. The van der Waals surface area contributed by atoms with Gasteiger partial charge in [-0.25, -0.2) is 5.84 Å². The van der Waals surface area contributed by atoms with Crippen molar-refractivity contribution in [2.75, 3.05) is 26.2 Å². The van der Waals surface area contributed by atoms with Gasteiger partial charge in [-0.2, -0.15) is 0 Å². The summed E-state index contributed by atoms with van der Waals surface area (Å²) in [5, 5.41) is 10.6. The Morgan fingerprint density at radius 3 is 2.12 bits per heavy atom. The predicted octanol–water partition coefficient (Wildman–Crippen LogP) is -0.741. The molecule has 0 aliphatic carbocycles. The van der Waals surface area contributed by atoms with Crippen molar-refractivity contribution in [2.24, 2.45) is 5.84 Å². The van der Waals surface area contributed by atoms with Crippen molar-refractivity contribution in [1.82, 2.24) is 15.2 Å². The second-order valence-electron chi connectivity index (χ2n) is 5.22. The molecule has 3 N–H and O–H groups in total. The molecule has 0 spiro atoms. The molecular formula is C14H17N5O5. The number of hydrogen-bond donors (Lipinski definition) is 2. The van der Waals surface area contributed by atoms with Crippen molar-refractivity contribution in [3.8, 4) is 0 Å². The van der Waals surface area contributed by atoms with E-state index in [0.29, 0.717) is 31.7 Å². The van der Waals surface area contributed by atoms with Crippen LogP contribution in [0.5, 0.6) is 0 Å². The van der Waals surface area contributed by atoms with E-state index in [1.807, 2.05) is 5.43 Å². The Morgan fingerprint density at radius 1 is 1.08 bits per heavy atom. The van der Waals surface area contributed by atoms with E-state index in [-0.39, 0.29) is 23.9 Å². The van der Waals surface area contributed by atoms with Gasteiger partial charge in [0.2, 0.25) is 11.8 Å². The molecule has 0 aromatic heterocycles. The maximum Gasteiger partial charge on any atom is 0.269 e. The SMILES string of the molecule is NNC(=O)CC(=O)N1CCN(C(=O)c2ccc([N+](=O)[O-])cc2)CC1. The van der Waals surface area contributed by atoms with Gasteiger partial charge in [-0.15, -0.1) is 0 Å². The second-order valence-corrected chi connectivity index (χ2v) is 5.22. The molecule has 1 fully saturated rings. The van der Waals surface area contributed by atoms with Crippen LogP contribution in [0.1, 0.15) is 16.8 Å². The van der Waals surface area contributed by atoms with Gasteiger partial charge >= 0.3 is 0 Å². The molecule has 10 nitrogen and oxygen atoms in total. The van der Waals surface area contributed by atoms with E-state index in [1.54, 1.807) is 4.90 Å². The van der Waals surface area contributed by atoms with Crippen LogP contribution in [0.3, 0.4) is 0 Å². The summed E-state index contributed by atoms with van der Waals surface area (Å²) in [7, 11) is 0. The van der Waals surface area contributed by atoms with Crippen LogP contribution in [0.25, 0.3) is 0 Å². The number of nitro benzene ring substituents is 1. The summed E-state index contributed by atoms with van der Waals surface area (Å²) in [5.41, 5.74) is 2.16. The van der Waals surface area contributed by atoms with E-state index in [4.69, 9.17) is 5.84 Å². The van der Waals surface area contributed by atoms with Crippen molar-refractivity contribution in [3.63, 3.8) is 0 Å². The minimum atomic E-state index is -0.565. The summed E-state index contributed by atoms with van der Waals surface area (Å²) in [4.78, 5) is 48.5. The Labute approximate surface area is 137 Å². The number of amides is 3. The predicted molar refractivity (Wildman–Crippen MR) is 82.5 cm³/mol. The molecule has 24 heavy (non-hydrogen) atoms. The van der Waals surface area contributed by atoms with Gasteiger partial charge in [-0.05, 0) is 12.1 Å². The summed E-state index contributed by atoms with van der Waals surface area (Å²) in [6.07, 6.45) is -0.327. The molecule has 0 saturated carbocycles. The van der Waals surface area contributed by atoms with Crippen LogP contribution in [0.4, 0.5) is 5.69 Å². The van der Waals surface area contributed by atoms with Crippen LogP contribution >= 0.6 is 0 Å². The number of carbonyl (C=O) groups excluding carboxylic acids is 3. The fourth-order valence-corrected chi connectivity index (χ4v) is 2.37. The van der Waals surface area contributed by atoms with Crippen LogP contribution in [0.15, 0.2) is 24.3 Å². The number of hydrogen-bond acceptors (Lipinski definition) is 6. The number of nitro groups is 1. The zero-order valence-electron chi connectivity index (χ0n) is 12.8. The summed E-state index contributed by atoms with van der Waals surface area (Å²) in [6, 6.07) is 5.37. The van der Waals surface area contributed by atoms with Gasteiger partial charge < -0.3 is 9.80 Å². The van der Waals surface area contributed by atoms with Gasteiger partial charge in [0, 0.05) is 43.9 Å². The van der Waals surface area contributed by atoms with E-state index >= 15 is 0 Å². The number of carbonyl (C=O) groups is 3. The molecule has 1 aliphatic rings. The average Bonchev–Trinajstić information content (AvgIpc) is 2.61. The third kappa shape index (κ3) is 4.04. The van der Waals surface area contributed by atoms with E-state index in [9.17, 15) is 24.5 Å². The Hall–Kier alpha value is -3.01. The van der Waals surface area contributed by atoms with Crippen LogP contribution in [0.2, 0.25) is 0 Å². The molecule has 3 amide bonds. The first-order chi connectivity index (χ1) is 11.4. The zero-order chi connectivity index (χ0) is 17.7.